The van der Waals surface area contributed by atoms with Gasteiger partial charge in [-0.05, 0) is 30.9 Å². The number of anilines is 2. The Morgan fingerprint density at radius 2 is 2.08 bits per heavy atom. The summed E-state index contributed by atoms with van der Waals surface area (Å²) in [5.41, 5.74) is 14.5. The highest BCUT2D eigenvalue weighted by atomic mass is 35.5. The molecule has 1 aliphatic rings. The molecule has 26 heavy (non-hydrogen) atoms. The molecule has 0 aliphatic carbocycles. The number of pyridine rings is 1. The van der Waals surface area contributed by atoms with Gasteiger partial charge in [0.2, 0.25) is 5.65 Å². The van der Waals surface area contributed by atoms with Gasteiger partial charge in [-0.2, -0.15) is 5.10 Å². The van der Waals surface area contributed by atoms with Gasteiger partial charge in [-0.25, -0.2) is 15.0 Å². The molecule has 4 heterocycles. The third kappa shape index (κ3) is 2.85. The molecular formula is C17H21ClN8. The number of piperidine rings is 1. The van der Waals surface area contributed by atoms with Crippen LogP contribution >= 0.6 is 11.6 Å². The van der Waals surface area contributed by atoms with Gasteiger partial charge in [-0.1, -0.05) is 18.5 Å². The molecule has 0 saturated carbocycles. The Balaban J connectivity index is 1.65. The number of H-pyrrole nitrogens is 1. The van der Waals surface area contributed by atoms with Gasteiger partial charge in [-0.15, -0.1) is 0 Å². The molecule has 5 N–H and O–H groups in total. The maximum atomic E-state index is 6.28. The molecule has 0 aromatic carbocycles. The summed E-state index contributed by atoms with van der Waals surface area (Å²) >= 11 is 6.28. The quantitative estimate of drug-likeness (QED) is 0.644. The van der Waals surface area contributed by atoms with E-state index in [4.69, 9.17) is 23.1 Å². The third-order valence-corrected chi connectivity index (χ3v) is 5.62. The maximum absolute atomic E-state index is 6.28. The van der Waals surface area contributed by atoms with Crippen LogP contribution in [-0.2, 0) is 0 Å². The van der Waals surface area contributed by atoms with Crippen LogP contribution in [0, 0.1) is 5.41 Å². The van der Waals surface area contributed by atoms with Crippen molar-refractivity contribution in [3.8, 4) is 11.3 Å². The van der Waals surface area contributed by atoms with Crippen molar-refractivity contribution in [3.05, 3.63) is 23.5 Å². The predicted molar refractivity (Wildman–Crippen MR) is 103 cm³/mol. The lowest BCUT2D eigenvalue weighted by atomic mass is 9.80. The molecule has 0 radical (unpaired) electrons. The van der Waals surface area contributed by atoms with Crippen LogP contribution in [0.5, 0.6) is 0 Å². The highest BCUT2D eigenvalue weighted by molar-refractivity contribution is 6.35. The topological polar surface area (TPSA) is 123 Å². The van der Waals surface area contributed by atoms with Gasteiger partial charge >= 0.3 is 0 Å². The van der Waals surface area contributed by atoms with Crippen molar-refractivity contribution in [1.29, 1.82) is 0 Å². The molecule has 3 aromatic rings. The average molecular weight is 373 g/mol. The standard InChI is InChI=1S/C17H21ClN8/c1-17(9-19)3-6-26(7-4-17)11-8-22-14-13(24-25-16(14)23-11)10-2-5-21-15(20)12(10)18/h2,5,8H,3-4,6-7,9,19H2,1H3,(H2,20,21)(H,23,24,25). The Morgan fingerprint density at radius 3 is 2.81 bits per heavy atom. The minimum absolute atomic E-state index is 0.214. The van der Waals surface area contributed by atoms with E-state index >= 15 is 0 Å². The Morgan fingerprint density at radius 1 is 1.31 bits per heavy atom. The van der Waals surface area contributed by atoms with Crippen molar-refractivity contribution in [2.45, 2.75) is 19.8 Å². The van der Waals surface area contributed by atoms with E-state index in [-0.39, 0.29) is 11.2 Å². The minimum Gasteiger partial charge on any atom is -0.382 e. The van der Waals surface area contributed by atoms with Crippen LogP contribution < -0.4 is 16.4 Å². The molecule has 1 fully saturated rings. The normalized spacial score (nSPS) is 17.0. The summed E-state index contributed by atoms with van der Waals surface area (Å²) in [7, 11) is 0. The zero-order chi connectivity index (χ0) is 18.3. The van der Waals surface area contributed by atoms with Crippen molar-refractivity contribution < 1.29 is 0 Å². The van der Waals surface area contributed by atoms with E-state index in [9.17, 15) is 0 Å². The van der Waals surface area contributed by atoms with E-state index in [1.165, 1.54) is 0 Å². The number of hydrogen-bond acceptors (Lipinski definition) is 7. The van der Waals surface area contributed by atoms with Crippen LogP contribution in [-0.4, -0.2) is 44.8 Å². The largest absolute Gasteiger partial charge is 0.382 e. The van der Waals surface area contributed by atoms with Crippen molar-refractivity contribution >= 4 is 34.4 Å². The number of nitrogens with two attached hydrogens (primary N) is 2. The molecule has 3 aromatic heterocycles. The van der Waals surface area contributed by atoms with Crippen molar-refractivity contribution in [3.63, 3.8) is 0 Å². The average Bonchev–Trinajstić information content (AvgIpc) is 3.07. The van der Waals surface area contributed by atoms with Gasteiger partial charge in [0.1, 0.15) is 17.2 Å². The Bertz CT molecular complexity index is 945. The molecule has 0 spiro atoms. The molecule has 0 amide bonds. The first-order valence-corrected chi connectivity index (χ1v) is 8.95. The van der Waals surface area contributed by atoms with Crippen molar-refractivity contribution in [1.82, 2.24) is 25.1 Å². The predicted octanol–water partition coefficient (Wildman–Crippen LogP) is 2.22. The number of nitrogens with one attached hydrogen (secondary N) is 1. The second kappa shape index (κ2) is 6.37. The summed E-state index contributed by atoms with van der Waals surface area (Å²) in [6.45, 7) is 4.78. The Hall–Kier alpha value is -2.45. The second-order valence-corrected chi connectivity index (χ2v) is 7.44. The highest BCUT2D eigenvalue weighted by Gasteiger charge is 2.29. The minimum atomic E-state index is 0.214. The summed E-state index contributed by atoms with van der Waals surface area (Å²) in [5.74, 6) is 1.10. The number of fused-ring (bicyclic) bond motifs is 1. The fourth-order valence-electron chi connectivity index (χ4n) is 3.26. The molecule has 9 heteroatoms. The smallest absolute Gasteiger partial charge is 0.202 e. The lowest BCUT2D eigenvalue weighted by Gasteiger charge is -2.39. The number of hydrogen-bond donors (Lipinski definition) is 3. The fraction of sp³-hybridized carbons (Fsp3) is 0.412. The van der Waals surface area contributed by atoms with Crippen LogP contribution in [0.4, 0.5) is 11.6 Å². The molecule has 0 unspecified atom stereocenters. The summed E-state index contributed by atoms with van der Waals surface area (Å²) < 4.78 is 0. The molecule has 0 bridgehead atoms. The summed E-state index contributed by atoms with van der Waals surface area (Å²) in [6, 6.07) is 1.78. The van der Waals surface area contributed by atoms with Gasteiger partial charge in [0, 0.05) is 24.8 Å². The van der Waals surface area contributed by atoms with Gasteiger partial charge in [-0.3, -0.25) is 5.10 Å². The van der Waals surface area contributed by atoms with Crippen LogP contribution in [0.1, 0.15) is 19.8 Å². The molecule has 8 nitrogen and oxygen atoms in total. The van der Waals surface area contributed by atoms with Gasteiger partial charge in [0.05, 0.1) is 16.9 Å². The second-order valence-electron chi connectivity index (χ2n) is 7.06. The van der Waals surface area contributed by atoms with E-state index in [1.807, 2.05) is 0 Å². The van der Waals surface area contributed by atoms with E-state index in [0.717, 1.165) is 31.7 Å². The van der Waals surface area contributed by atoms with E-state index in [0.29, 0.717) is 34.0 Å². The van der Waals surface area contributed by atoms with Crippen molar-refractivity contribution in [2.75, 3.05) is 30.3 Å². The van der Waals surface area contributed by atoms with Crippen LogP contribution in [0.2, 0.25) is 5.02 Å². The molecule has 136 valence electrons. The first-order valence-electron chi connectivity index (χ1n) is 8.57. The molecule has 1 saturated heterocycles. The van der Waals surface area contributed by atoms with Gasteiger partial charge in [0.25, 0.3) is 0 Å². The maximum Gasteiger partial charge on any atom is 0.202 e. The lowest BCUT2D eigenvalue weighted by molar-refractivity contribution is 0.258. The molecule has 0 atom stereocenters. The van der Waals surface area contributed by atoms with E-state index < -0.39 is 0 Å². The highest BCUT2D eigenvalue weighted by Crippen LogP contribution is 2.34. The number of aromatic amines is 1. The first kappa shape index (κ1) is 17.0. The van der Waals surface area contributed by atoms with Crippen LogP contribution in [0.3, 0.4) is 0 Å². The van der Waals surface area contributed by atoms with Gasteiger partial charge in [0.15, 0.2) is 0 Å². The lowest BCUT2D eigenvalue weighted by Crippen LogP contribution is -2.42. The van der Waals surface area contributed by atoms with Crippen LogP contribution in [0.25, 0.3) is 22.4 Å². The summed E-state index contributed by atoms with van der Waals surface area (Å²) in [4.78, 5) is 15.5. The fourth-order valence-corrected chi connectivity index (χ4v) is 3.47. The molecule has 1 aliphatic heterocycles. The van der Waals surface area contributed by atoms with Crippen LogP contribution in [0.15, 0.2) is 18.5 Å². The molecule has 4 rings (SSSR count). The zero-order valence-electron chi connectivity index (χ0n) is 14.5. The first-order chi connectivity index (χ1) is 12.5. The monoisotopic (exact) mass is 372 g/mol. The number of aromatic nitrogens is 5. The number of nitrogens with zero attached hydrogens (tertiary/aromatic N) is 5. The van der Waals surface area contributed by atoms with Crippen molar-refractivity contribution in [2.24, 2.45) is 11.1 Å². The molecular weight excluding hydrogens is 352 g/mol. The van der Waals surface area contributed by atoms with Gasteiger partial charge < -0.3 is 16.4 Å². The zero-order valence-corrected chi connectivity index (χ0v) is 15.3. The SMILES string of the molecule is CC1(CN)CCN(c2cnc3c(-c4ccnc(N)c4Cl)[nH]nc3n2)CC1. The number of halogens is 1. The summed E-state index contributed by atoms with van der Waals surface area (Å²) in [5, 5.41) is 7.65. The van der Waals surface area contributed by atoms with E-state index in [1.54, 1.807) is 18.5 Å². The van der Waals surface area contributed by atoms with E-state index in [2.05, 4.69) is 37.0 Å². The number of nitrogen functional groups attached to an aromatic ring is 1. The Kier molecular flexibility index (Phi) is 4.16. The summed E-state index contributed by atoms with van der Waals surface area (Å²) in [6.07, 6.45) is 5.47. The Labute approximate surface area is 156 Å². The number of rotatable bonds is 3. The third-order valence-electron chi connectivity index (χ3n) is 5.22.